The predicted octanol–water partition coefficient (Wildman–Crippen LogP) is 1.54. The summed E-state index contributed by atoms with van der Waals surface area (Å²) in [4.78, 5) is 11.0. The number of rotatable bonds is 7. The molecule has 0 bridgehead atoms. The van der Waals surface area contributed by atoms with Crippen LogP contribution in [0.3, 0.4) is 0 Å². The van der Waals surface area contributed by atoms with Gasteiger partial charge in [0.1, 0.15) is 0 Å². The van der Waals surface area contributed by atoms with E-state index in [4.69, 9.17) is 14.6 Å². The van der Waals surface area contributed by atoms with Crippen molar-refractivity contribution in [3.63, 3.8) is 0 Å². The number of carboxylic acids is 1. The molecule has 2 unspecified atom stereocenters. The highest BCUT2D eigenvalue weighted by Crippen LogP contribution is 2.25. The summed E-state index contributed by atoms with van der Waals surface area (Å²) in [7, 11) is 3.14. The Balaban J connectivity index is 4.16. The molecule has 0 radical (unpaired) electrons. The lowest BCUT2D eigenvalue weighted by atomic mass is 9.85. The van der Waals surface area contributed by atoms with Crippen LogP contribution in [0.2, 0.25) is 0 Å². The molecule has 1 N–H and O–H groups in total. The maximum atomic E-state index is 11.0. The Labute approximate surface area is 85.2 Å². The van der Waals surface area contributed by atoms with Gasteiger partial charge in [0, 0.05) is 14.2 Å². The highest BCUT2D eigenvalue weighted by Gasteiger charge is 2.33. The Kier molecular flexibility index (Phi) is 5.72. The molecule has 14 heavy (non-hydrogen) atoms. The summed E-state index contributed by atoms with van der Waals surface area (Å²) in [5.74, 6) is -0.817. The SMILES string of the molecule is COCC(C)(CCC(C)OC)C(=O)O. The maximum Gasteiger partial charge on any atom is 0.311 e. The number of carbonyl (C=O) groups is 1. The number of methoxy groups -OCH3 is 2. The third-order valence-corrected chi connectivity index (χ3v) is 2.48. The summed E-state index contributed by atoms with van der Waals surface area (Å²) in [6.07, 6.45) is 1.37. The third-order valence-electron chi connectivity index (χ3n) is 2.48. The summed E-state index contributed by atoms with van der Waals surface area (Å²) in [5.41, 5.74) is -0.804. The van der Waals surface area contributed by atoms with E-state index in [1.54, 1.807) is 14.0 Å². The molecule has 0 aliphatic heterocycles. The summed E-state index contributed by atoms with van der Waals surface area (Å²) in [5, 5.41) is 9.03. The first-order chi connectivity index (χ1) is 6.46. The van der Waals surface area contributed by atoms with Gasteiger partial charge in [-0.2, -0.15) is 0 Å². The Morgan fingerprint density at radius 3 is 2.43 bits per heavy atom. The van der Waals surface area contributed by atoms with E-state index in [1.165, 1.54) is 7.11 Å². The number of aliphatic carboxylic acids is 1. The first-order valence-corrected chi connectivity index (χ1v) is 4.71. The standard InChI is InChI=1S/C10H20O4/c1-8(14-4)5-6-10(2,7-13-3)9(11)12/h8H,5-7H2,1-4H3,(H,11,12). The molecule has 2 atom stereocenters. The predicted molar refractivity (Wildman–Crippen MR) is 53.3 cm³/mol. The van der Waals surface area contributed by atoms with Gasteiger partial charge in [0.25, 0.3) is 0 Å². The first kappa shape index (κ1) is 13.4. The van der Waals surface area contributed by atoms with Gasteiger partial charge < -0.3 is 14.6 Å². The minimum Gasteiger partial charge on any atom is -0.481 e. The molecule has 0 aliphatic carbocycles. The smallest absolute Gasteiger partial charge is 0.311 e. The van der Waals surface area contributed by atoms with Crippen LogP contribution in [0.15, 0.2) is 0 Å². The van der Waals surface area contributed by atoms with Gasteiger partial charge in [0.15, 0.2) is 0 Å². The van der Waals surface area contributed by atoms with Crippen molar-refractivity contribution in [3.05, 3.63) is 0 Å². The van der Waals surface area contributed by atoms with E-state index in [1.807, 2.05) is 6.92 Å². The van der Waals surface area contributed by atoms with Crippen LogP contribution in [0.1, 0.15) is 26.7 Å². The van der Waals surface area contributed by atoms with Crippen molar-refractivity contribution in [1.82, 2.24) is 0 Å². The lowest BCUT2D eigenvalue weighted by Gasteiger charge is -2.24. The van der Waals surface area contributed by atoms with Crippen LogP contribution in [0, 0.1) is 5.41 Å². The van der Waals surface area contributed by atoms with Crippen molar-refractivity contribution in [2.24, 2.45) is 5.41 Å². The third kappa shape index (κ3) is 4.07. The van der Waals surface area contributed by atoms with Gasteiger partial charge >= 0.3 is 5.97 Å². The van der Waals surface area contributed by atoms with Crippen LogP contribution in [0.4, 0.5) is 0 Å². The lowest BCUT2D eigenvalue weighted by Crippen LogP contribution is -2.33. The van der Waals surface area contributed by atoms with Gasteiger partial charge in [-0.15, -0.1) is 0 Å². The molecule has 84 valence electrons. The van der Waals surface area contributed by atoms with Gasteiger partial charge in [-0.1, -0.05) is 0 Å². The van der Waals surface area contributed by atoms with Gasteiger partial charge in [-0.05, 0) is 26.7 Å². The van der Waals surface area contributed by atoms with Gasteiger partial charge in [-0.25, -0.2) is 0 Å². The van der Waals surface area contributed by atoms with Crippen LogP contribution in [-0.2, 0) is 14.3 Å². The number of ether oxygens (including phenoxy) is 2. The zero-order valence-electron chi connectivity index (χ0n) is 9.37. The van der Waals surface area contributed by atoms with Gasteiger partial charge in [0.05, 0.1) is 18.1 Å². The van der Waals surface area contributed by atoms with Gasteiger partial charge in [0.2, 0.25) is 0 Å². The fraction of sp³-hybridized carbons (Fsp3) is 0.900. The van der Waals surface area contributed by atoms with Crippen molar-refractivity contribution in [1.29, 1.82) is 0 Å². The van der Waals surface area contributed by atoms with Crippen LogP contribution in [-0.4, -0.2) is 38.0 Å². The molecule has 0 amide bonds. The molecule has 4 heteroatoms. The van der Waals surface area contributed by atoms with Crippen LogP contribution < -0.4 is 0 Å². The minimum absolute atomic E-state index is 0.0885. The highest BCUT2D eigenvalue weighted by atomic mass is 16.5. The molecule has 0 aromatic rings. The molecule has 0 saturated carbocycles. The van der Waals surface area contributed by atoms with E-state index < -0.39 is 11.4 Å². The summed E-state index contributed by atoms with van der Waals surface area (Å²) in [6, 6.07) is 0. The minimum atomic E-state index is -0.817. The average molecular weight is 204 g/mol. The Hall–Kier alpha value is -0.610. The summed E-state index contributed by atoms with van der Waals surface area (Å²) in [6.45, 7) is 3.86. The Bertz CT molecular complexity index is 181. The molecular formula is C10H20O4. The molecular weight excluding hydrogens is 184 g/mol. The highest BCUT2D eigenvalue weighted by molar-refractivity contribution is 5.74. The fourth-order valence-electron chi connectivity index (χ4n) is 1.20. The second-order valence-electron chi connectivity index (χ2n) is 3.88. The molecule has 0 fully saturated rings. The normalized spacial score (nSPS) is 17.4. The van der Waals surface area contributed by atoms with E-state index in [2.05, 4.69) is 0 Å². The number of carboxylic acid groups (broad SMARTS) is 1. The topological polar surface area (TPSA) is 55.8 Å². The molecule has 0 aromatic carbocycles. The fourth-order valence-corrected chi connectivity index (χ4v) is 1.20. The molecule has 0 aliphatic rings. The maximum absolute atomic E-state index is 11.0. The van der Waals surface area contributed by atoms with Crippen LogP contribution in [0.25, 0.3) is 0 Å². The first-order valence-electron chi connectivity index (χ1n) is 4.71. The van der Waals surface area contributed by atoms with Crippen molar-refractivity contribution in [2.75, 3.05) is 20.8 Å². The second-order valence-corrected chi connectivity index (χ2v) is 3.88. The van der Waals surface area contributed by atoms with E-state index in [0.717, 1.165) is 6.42 Å². The molecule has 0 spiro atoms. The van der Waals surface area contributed by atoms with E-state index in [-0.39, 0.29) is 12.7 Å². The molecule has 4 nitrogen and oxygen atoms in total. The van der Waals surface area contributed by atoms with Crippen LogP contribution in [0.5, 0.6) is 0 Å². The number of hydrogen-bond donors (Lipinski definition) is 1. The summed E-state index contributed by atoms with van der Waals surface area (Å²) >= 11 is 0. The van der Waals surface area contributed by atoms with Crippen molar-refractivity contribution >= 4 is 5.97 Å². The number of hydrogen-bond acceptors (Lipinski definition) is 3. The Morgan fingerprint density at radius 1 is 1.50 bits per heavy atom. The monoisotopic (exact) mass is 204 g/mol. The zero-order chi connectivity index (χ0) is 11.2. The summed E-state index contributed by atoms with van der Waals surface area (Å²) < 4.78 is 9.98. The molecule has 0 aromatic heterocycles. The zero-order valence-corrected chi connectivity index (χ0v) is 9.37. The second kappa shape index (κ2) is 5.98. The van der Waals surface area contributed by atoms with E-state index >= 15 is 0 Å². The average Bonchev–Trinajstić information content (AvgIpc) is 2.14. The largest absolute Gasteiger partial charge is 0.481 e. The van der Waals surface area contributed by atoms with Gasteiger partial charge in [-0.3, -0.25) is 4.79 Å². The van der Waals surface area contributed by atoms with E-state index in [9.17, 15) is 4.79 Å². The lowest BCUT2D eigenvalue weighted by molar-refractivity contribution is -0.152. The van der Waals surface area contributed by atoms with Crippen LogP contribution >= 0.6 is 0 Å². The Morgan fingerprint density at radius 2 is 2.07 bits per heavy atom. The van der Waals surface area contributed by atoms with E-state index in [0.29, 0.717) is 6.42 Å². The molecule has 0 saturated heterocycles. The van der Waals surface area contributed by atoms with Crippen molar-refractivity contribution < 1.29 is 19.4 Å². The molecule has 0 rings (SSSR count). The molecule has 0 heterocycles. The quantitative estimate of drug-likeness (QED) is 0.683. The van der Waals surface area contributed by atoms with Crippen molar-refractivity contribution in [2.45, 2.75) is 32.8 Å². The van der Waals surface area contributed by atoms with Crippen molar-refractivity contribution in [3.8, 4) is 0 Å².